The van der Waals surface area contributed by atoms with Crippen LogP contribution in [-0.2, 0) is 0 Å². The number of nitrogens with zero attached hydrogens (tertiary/aromatic N) is 2. The molecule has 1 N–H and O–H groups in total. The maximum atomic E-state index is 6.52. The molecule has 0 atom stereocenters. The third-order valence-electron chi connectivity index (χ3n) is 9.49. The first-order chi connectivity index (χ1) is 23.3. The number of fused-ring (bicyclic) bond motifs is 10. The molecule has 0 unspecified atom stereocenters. The van der Waals surface area contributed by atoms with Crippen molar-refractivity contribution in [2.45, 2.75) is 0 Å². The largest absolute Gasteiger partial charge is 0.455 e. The standard InChI is InChI=1S/C43H27N3O/c1-3-14-37-34(12-1)39-35(21-20-33-31-11-2-4-15-38(31)47-43(33)39)40(46-37)29-9-5-8-28(24-29)26-16-18-27(19-17-26)36-25-30-10-6-22-44-41(30)42-32(36)13-7-23-45-42/h1-22,24-25,45H,23H2. The molecule has 10 rings (SSSR count). The summed E-state index contributed by atoms with van der Waals surface area (Å²) in [6.07, 6.45) is 6.25. The number of anilines is 1. The van der Waals surface area contributed by atoms with Crippen LogP contribution in [-0.4, -0.2) is 16.5 Å². The second-order valence-electron chi connectivity index (χ2n) is 12.2. The first-order valence-electron chi connectivity index (χ1n) is 16.0. The molecule has 9 aromatic rings. The minimum Gasteiger partial charge on any atom is -0.455 e. The topological polar surface area (TPSA) is 51.0 Å². The van der Waals surface area contributed by atoms with E-state index in [1.165, 1.54) is 16.7 Å². The van der Waals surface area contributed by atoms with Crippen molar-refractivity contribution < 1.29 is 4.42 Å². The highest BCUT2D eigenvalue weighted by atomic mass is 16.3. The maximum Gasteiger partial charge on any atom is 0.144 e. The quantitative estimate of drug-likeness (QED) is 0.205. The van der Waals surface area contributed by atoms with Gasteiger partial charge < -0.3 is 9.73 Å². The highest BCUT2D eigenvalue weighted by Crippen LogP contribution is 2.42. The second kappa shape index (κ2) is 10.1. The molecule has 1 aliphatic rings. The average Bonchev–Trinajstić information content (AvgIpc) is 3.53. The zero-order valence-electron chi connectivity index (χ0n) is 25.4. The molecule has 0 fully saturated rings. The van der Waals surface area contributed by atoms with Gasteiger partial charge in [-0.15, -0.1) is 0 Å². The van der Waals surface area contributed by atoms with Gasteiger partial charge in [0, 0.05) is 56.2 Å². The molecule has 6 aromatic carbocycles. The summed E-state index contributed by atoms with van der Waals surface area (Å²) in [7, 11) is 0. The van der Waals surface area contributed by atoms with E-state index in [9.17, 15) is 0 Å². The van der Waals surface area contributed by atoms with Gasteiger partial charge in [0.1, 0.15) is 11.2 Å². The van der Waals surface area contributed by atoms with Gasteiger partial charge in [-0.2, -0.15) is 0 Å². The lowest BCUT2D eigenvalue weighted by molar-refractivity contribution is 0.673. The minimum absolute atomic E-state index is 0.807. The van der Waals surface area contributed by atoms with Crippen molar-refractivity contribution in [1.82, 2.24) is 9.97 Å². The zero-order valence-corrected chi connectivity index (χ0v) is 25.4. The van der Waals surface area contributed by atoms with Crippen LogP contribution >= 0.6 is 0 Å². The molecule has 0 spiro atoms. The summed E-state index contributed by atoms with van der Waals surface area (Å²) in [6.45, 7) is 0.807. The molecular formula is C43H27N3O. The monoisotopic (exact) mass is 601 g/mol. The van der Waals surface area contributed by atoms with Crippen molar-refractivity contribution in [2.75, 3.05) is 11.9 Å². The Kier molecular flexibility index (Phi) is 5.60. The van der Waals surface area contributed by atoms with Crippen molar-refractivity contribution in [2.24, 2.45) is 0 Å². The van der Waals surface area contributed by atoms with Crippen LogP contribution in [0.2, 0.25) is 0 Å². The van der Waals surface area contributed by atoms with E-state index in [-0.39, 0.29) is 0 Å². The second-order valence-corrected chi connectivity index (χ2v) is 12.2. The van der Waals surface area contributed by atoms with Crippen LogP contribution in [0.1, 0.15) is 5.56 Å². The summed E-state index contributed by atoms with van der Waals surface area (Å²) in [5, 5.41) is 10.2. The molecule has 47 heavy (non-hydrogen) atoms. The lowest BCUT2D eigenvalue weighted by atomic mass is 9.92. The van der Waals surface area contributed by atoms with Crippen LogP contribution in [0, 0.1) is 0 Å². The third-order valence-corrected chi connectivity index (χ3v) is 9.49. The SMILES string of the molecule is C1=Cc2c(-c3ccc(-c4cccc(-c5nc6ccccc6c6c5ccc5c7ccccc7oc56)c4)cc3)cc3cccnc3c2NC1. The molecule has 0 bridgehead atoms. The van der Waals surface area contributed by atoms with Crippen LogP contribution in [0.4, 0.5) is 5.69 Å². The fourth-order valence-electron chi connectivity index (χ4n) is 7.29. The highest BCUT2D eigenvalue weighted by molar-refractivity contribution is 6.24. The van der Waals surface area contributed by atoms with Crippen molar-refractivity contribution in [3.05, 3.63) is 145 Å². The van der Waals surface area contributed by atoms with E-state index in [1.54, 1.807) is 0 Å². The van der Waals surface area contributed by atoms with E-state index in [0.717, 1.165) is 89.1 Å². The zero-order chi connectivity index (χ0) is 30.9. The lowest BCUT2D eigenvalue weighted by Gasteiger charge is -2.19. The Morgan fingerprint density at radius 2 is 1.43 bits per heavy atom. The first-order valence-corrected chi connectivity index (χ1v) is 16.0. The van der Waals surface area contributed by atoms with Crippen molar-refractivity contribution in [3.8, 4) is 33.5 Å². The molecule has 4 heteroatoms. The molecule has 220 valence electrons. The van der Waals surface area contributed by atoms with Crippen LogP contribution in [0.25, 0.3) is 94.1 Å². The normalized spacial score (nSPS) is 12.7. The van der Waals surface area contributed by atoms with Crippen LogP contribution < -0.4 is 5.32 Å². The number of nitrogens with one attached hydrogen (secondary N) is 1. The number of aromatic nitrogens is 2. The van der Waals surface area contributed by atoms with E-state index in [0.29, 0.717) is 0 Å². The number of pyridine rings is 2. The van der Waals surface area contributed by atoms with E-state index < -0.39 is 0 Å². The van der Waals surface area contributed by atoms with E-state index in [2.05, 4.69) is 132 Å². The van der Waals surface area contributed by atoms with Gasteiger partial charge in [0.05, 0.1) is 22.4 Å². The van der Waals surface area contributed by atoms with Gasteiger partial charge in [-0.25, -0.2) is 4.98 Å². The number of benzene rings is 6. The Morgan fingerprint density at radius 1 is 0.617 bits per heavy atom. The number of hydrogen-bond acceptors (Lipinski definition) is 4. The van der Waals surface area contributed by atoms with Gasteiger partial charge >= 0.3 is 0 Å². The molecule has 1 aliphatic heterocycles. The summed E-state index contributed by atoms with van der Waals surface area (Å²) < 4.78 is 6.52. The molecule has 0 saturated heterocycles. The fourth-order valence-corrected chi connectivity index (χ4v) is 7.29. The van der Waals surface area contributed by atoms with E-state index in [4.69, 9.17) is 9.40 Å². The van der Waals surface area contributed by atoms with Gasteiger partial charge in [0.25, 0.3) is 0 Å². The Labute approximate surface area is 270 Å². The Hall–Kier alpha value is -6.26. The van der Waals surface area contributed by atoms with Gasteiger partial charge in [-0.05, 0) is 58.7 Å². The molecule has 0 saturated carbocycles. The Balaban J connectivity index is 1.11. The predicted octanol–water partition coefficient (Wildman–Crippen LogP) is 11.3. The summed E-state index contributed by atoms with van der Waals surface area (Å²) >= 11 is 0. The lowest BCUT2D eigenvalue weighted by Crippen LogP contribution is -2.07. The van der Waals surface area contributed by atoms with Gasteiger partial charge in [-0.3, -0.25) is 4.98 Å². The van der Waals surface area contributed by atoms with Gasteiger partial charge in [0.15, 0.2) is 0 Å². The minimum atomic E-state index is 0.807. The van der Waals surface area contributed by atoms with Crippen LogP contribution in [0.15, 0.2) is 144 Å². The molecule has 0 aliphatic carbocycles. The molecule has 3 aromatic heterocycles. The number of furan rings is 1. The summed E-state index contributed by atoms with van der Waals surface area (Å²) in [6, 6.07) is 45.0. The van der Waals surface area contributed by atoms with E-state index in [1.807, 2.05) is 24.4 Å². The molecular weight excluding hydrogens is 574 g/mol. The smallest absolute Gasteiger partial charge is 0.144 e. The molecule has 0 radical (unpaired) electrons. The molecule has 0 amide bonds. The third kappa shape index (κ3) is 4.01. The van der Waals surface area contributed by atoms with Crippen molar-refractivity contribution in [1.29, 1.82) is 0 Å². The number of para-hydroxylation sites is 2. The Morgan fingerprint density at radius 3 is 2.36 bits per heavy atom. The number of hydrogen-bond donors (Lipinski definition) is 1. The van der Waals surface area contributed by atoms with Crippen LogP contribution in [0.3, 0.4) is 0 Å². The molecule has 4 nitrogen and oxygen atoms in total. The first kappa shape index (κ1) is 26.0. The van der Waals surface area contributed by atoms with Crippen molar-refractivity contribution >= 4 is 66.3 Å². The van der Waals surface area contributed by atoms with Gasteiger partial charge in [0.2, 0.25) is 0 Å². The highest BCUT2D eigenvalue weighted by Gasteiger charge is 2.18. The summed E-state index contributed by atoms with van der Waals surface area (Å²) in [5.41, 5.74) is 12.8. The summed E-state index contributed by atoms with van der Waals surface area (Å²) in [4.78, 5) is 9.90. The predicted molar refractivity (Wildman–Crippen MR) is 196 cm³/mol. The molecule has 4 heterocycles. The maximum absolute atomic E-state index is 6.52. The van der Waals surface area contributed by atoms with E-state index >= 15 is 0 Å². The average molecular weight is 602 g/mol. The number of rotatable bonds is 3. The Bertz CT molecular complexity index is 2740. The summed E-state index contributed by atoms with van der Waals surface area (Å²) in [5.74, 6) is 0. The van der Waals surface area contributed by atoms with Gasteiger partial charge in [-0.1, -0.05) is 103 Å². The van der Waals surface area contributed by atoms with Crippen molar-refractivity contribution in [3.63, 3.8) is 0 Å². The van der Waals surface area contributed by atoms with Crippen LogP contribution in [0.5, 0.6) is 0 Å². The fraction of sp³-hybridized carbons (Fsp3) is 0.0233.